The first kappa shape index (κ1) is 13.6. The zero-order valence-electron chi connectivity index (χ0n) is 11.6. The number of carbonyl (C=O) groups is 1. The van der Waals surface area contributed by atoms with E-state index in [1.807, 2.05) is 54.2 Å². The van der Waals surface area contributed by atoms with Crippen molar-refractivity contribution in [2.75, 3.05) is 23.3 Å². The molecule has 20 heavy (non-hydrogen) atoms. The summed E-state index contributed by atoms with van der Waals surface area (Å²) in [6, 6.07) is 17.8. The van der Waals surface area contributed by atoms with Gasteiger partial charge < -0.3 is 4.90 Å². The third-order valence-electron chi connectivity index (χ3n) is 3.50. The zero-order chi connectivity index (χ0) is 14.2. The van der Waals surface area contributed by atoms with Crippen molar-refractivity contribution in [2.45, 2.75) is 4.90 Å². The second kappa shape index (κ2) is 5.19. The summed E-state index contributed by atoms with van der Waals surface area (Å²) in [6.07, 6.45) is 2.33. The molecule has 1 aliphatic rings. The Morgan fingerprint density at radius 1 is 1.15 bits per heavy atom. The SMILES string of the molecule is CN(C(=O)c1ccccc1)c1cccc(S2(C)CS2)c1. The molecule has 2 aromatic rings. The van der Waals surface area contributed by atoms with Gasteiger partial charge in [-0.25, -0.2) is 0 Å². The number of benzene rings is 2. The Morgan fingerprint density at radius 2 is 1.85 bits per heavy atom. The van der Waals surface area contributed by atoms with Crippen LogP contribution in [-0.4, -0.2) is 24.3 Å². The van der Waals surface area contributed by atoms with Crippen molar-refractivity contribution in [2.24, 2.45) is 0 Å². The van der Waals surface area contributed by atoms with E-state index in [-0.39, 0.29) is 5.91 Å². The quantitative estimate of drug-likeness (QED) is 0.619. The number of rotatable bonds is 3. The summed E-state index contributed by atoms with van der Waals surface area (Å²) in [6.45, 7) is 0. The maximum absolute atomic E-state index is 12.4. The molecule has 0 spiro atoms. The molecule has 3 rings (SSSR count). The van der Waals surface area contributed by atoms with Crippen molar-refractivity contribution >= 4 is 31.4 Å². The summed E-state index contributed by atoms with van der Waals surface area (Å²) in [5.74, 6) is 0.0337. The fourth-order valence-electron chi connectivity index (χ4n) is 2.06. The number of nitrogens with zero attached hydrogens (tertiary/aromatic N) is 1. The van der Waals surface area contributed by atoms with E-state index in [9.17, 15) is 4.79 Å². The van der Waals surface area contributed by atoms with Gasteiger partial charge in [-0.3, -0.25) is 4.79 Å². The normalized spacial score (nSPS) is 23.7. The van der Waals surface area contributed by atoms with Gasteiger partial charge in [-0.2, -0.15) is 9.06 Å². The van der Waals surface area contributed by atoms with Gasteiger partial charge in [0.05, 0.1) is 0 Å². The first-order valence-corrected chi connectivity index (χ1v) is 10.1. The first-order valence-electron chi connectivity index (χ1n) is 6.44. The van der Waals surface area contributed by atoms with Crippen LogP contribution in [-0.2, 0) is 0 Å². The third kappa shape index (κ3) is 2.58. The molecule has 2 nitrogen and oxygen atoms in total. The second-order valence-electron chi connectivity index (χ2n) is 4.97. The van der Waals surface area contributed by atoms with E-state index < -0.39 is 9.06 Å². The van der Waals surface area contributed by atoms with Crippen molar-refractivity contribution < 1.29 is 4.79 Å². The average molecular weight is 303 g/mol. The first-order chi connectivity index (χ1) is 9.60. The Morgan fingerprint density at radius 3 is 2.50 bits per heavy atom. The Kier molecular flexibility index (Phi) is 3.52. The minimum atomic E-state index is -0.620. The van der Waals surface area contributed by atoms with Crippen LogP contribution >= 0.6 is 19.9 Å². The van der Waals surface area contributed by atoms with Crippen molar-refractivity contribution in [3.05, 3.63) is 60.2 Å². The van der Waals surface area contributed by atoms with Gasteiger partial charge in [0.25, 0.3) is 5.91 Å². The lowest BCUT2D eigenvalue weighted by Crippen LogP contribution is -2.26. The standard InChI is InChI=1S/C16H17NOS2/c1-17(16(18)13-7-4-3-5-8-13)14-9-6-10-15(11-14)20(2)12-19-20/h3-11H,12H2,1-2H3. The smallest absolute Gasteiger partial charge is 0.258 e. The van der Waals surface area contributed by atoms with Gasteiger partial charge in [0.1, 0.15) is 0 Å². The van der Waals surface area contributed by atoms with Gasteiger partial charge in [-0.05, 0) is 36.6 Å². The summed E-state index contributed by atoms with van der Waals surface area (Å²) in [5.41, 5.74) is 1.69. The van der Waals surface area contributed by atoms with Crippen LogP contribution in [0, 0.1) is 0 Å². The van der Waals surface area contributed by atoms with Gasteiger partial charge in [-0.1, -0.05) is 35.1 Å². The molecule has 0 N–H and O–H groups in total. The molecule has 1 aliphatic heterocycles. The van der Waals surface area contributed by atoms with Crippen molar-refractivity contribution in [1.29, 1.82) is 0 Å². The van der Waals surface area contributed by atoms with Crippen LogP contribution in [0.1, 0.15) is 10.4 Å². The Bertz CT molecular complexity index is 638. The Balaban J connectivity index is 1.87. The fraction of sp³-hybridized carbons (Fsp3) is 0.188. The predicted molar refractivity (Wildman–Crippen MR) is 89.9 cm³/mol. The molecule has 1 fully saturated rings. The molecule has 1 saturated heterocycles. The number of carbonyl (C=O) groups excluding carboxylic acids is 1. The van der Waals surface area contributed by atoms with Crippen LogP contribution in [0.4, 0.5) is 5.69 Å². The molecule has 1 unspecified atom stereocenters. The van der Waals surface area contributed by atoms with E-state index in [1.54, 1.807) is 4.90 Å². The maximum Gasteiger partial charge on any atom is 0.258 e. The van der Waals surface area contributed by atoms with E-state index >= 15 is 0 Å². The van der Waals surface area contributed by atoms with Crippen LogP contribution in [0.25, 0.3) is 0 Å². The molecule has 104 valence electrons. The van der Waals surface area contributed by atoms with Gasteiger partial charge in [0.15, 0.2) is 0 Å². The van der Waals surface area contributed by atoms with E-state index in [0.717, 1.165) is 11.3 Å². The second-order valence-corrected chi connectivity index (χ2v) is 11.5. The molecule has 1 atom stereocenters. The fourth-order valence-corrected chi connectivity index (χ4v) is 6.07. The van der Waals surface area contributed by atoms with Crippen molar-refractivity contribution in [1.82, 2.24) is 0 Å². The highest BCUT2D eigenvalue weighted by molar-refractivity contribution is 9.08. The van der Waals surface area contributed by atoms with Crippen LogP contribution in [0.5, 0.6) is 0 Å². The van der Waals surface area contributed by atoms with Crippen molar-refractivity contribution in [3.8, 4) is 0 Å². The predicted octanol–water partition coefficient (Wildman–Crippen LogP) is 4.38. The zero-order valence-corrected chi connectivity index (χ0v) is 13.2. The summed E-state index contributed by atoms with van der Waals surface area (Å²) < 4.78 is 0. The van der Waals surface area contributed by atoms with Crippen LogP contribution in [0.15, 0.2) is 59.5 Å². The van der Waals surface area contributed by atoms with Gasteiger partial charge in [0, 0.05) is 28.3 Å². The average Bonchev–Trinajstić information content (AvgIpc) is 3.26. The van der Waals surface area contributed by atoms with Crippen LogP contribution in [0.2, 0.25) is 0 Å². The van der Waals surface area contributed by atoms with Crippen LogP contribution in [0.3, 0.4) is 0 Å². The molecular weight excluding hydrogens is 286 g/mol. The monoisotopic (exact) mass is 303 g/mol. The molecular formula is C16H17NOS2. The van der Waals surface area contributed by atoms with Gasteiger partial charge >= 0.3 is 0 Å². The number of anilines is 1. The number of amides is 1. The molecule has 0 aromatic heterocycles. The molecule has 1 amide bonds. The van der Waals surface area contributed by atoms with Gasteiger partial charge in [0.2, 0.25) is 0 Å². The molecule has 0 aliphatic carbocycles. The summed E-state index contributed by atoms with van der Waals surface area (Å²) >= 11 is 0. The van der Waals surface area contributed by atoms with E-state index in [2.05, 4.69) is 24.5 Å². The molecule has 0 saturated carbocycles. The summed E-state index contributed by atoms with van der Waals surface area (Å²) in [4.78, 5) is 15.6. The lowest BCUT2D eigenvalue weighted by atomic mass is 10.2. The minimum Gasteiger partial charge on any atom is -0.311 e. The molecule has 0 radical (unpaired) electrons. The van der Waals surface area contributed by atoms with Crippen LogP contribution < -0.4 is 4.90 Å². The highest BCUT2D eigenvalue weighted by atomic mass is 33.2. The van der Waals surface area contributed by atoms with E-state index in [1.165, 1.54) is 9.98 Å². The lowest BCUT2D eigenvalue weighted by Gasteiger charge is -2.20. The highest BCUT2D eigenvalue weighted by Crippen LogP contribution is 2.80. The maximum atomic E-state index is 12.4. The number of hydrogen-bond donors (Lipinski definition) is 0. The van der Waals surface area contributed by atoms with E-state index in [4.69, 9.17) is 0 Å². The largest absolute Gasteiger partial charge is 0.311 e. The Hall–Kier alpha value is -1.39. The van der Waals surface area contributed by atoms with Crippen molar-refractivity contribution in [3.63, 3.8) is 0 Å². The molecule has 4 heteroatoms. The summed E-state index contributed by atoms with van der Waals surface area (Å²) in [7, 11) is 3.25. The molecule has 0 bridgehead atoms. The number of hydrogen-bond acceptors (Lipinski definition) is 2. The molecule has 1 heterocycles. The Labute approximate surface area is 124 Å². The van der Waals surface area contributed by atoms with Gasteiger partial charge in [-0.15, -0.1) is 0 Å². The van der Waals surface area contributed by atoms with E-state index in [0.29, 0.717) is 0 Å². The third-order valence-corrected chi connectivity index (χ3v) is 9.10. The topological polar surface area (TPSA) is 20.3 Å². The molecule has 2 aromatic carbocycles. The highest BCUT2D eigenvalue weighted by Gasteiger charge is 2.35. The summed E-state index contributed by atoms with van der Waals surface area (Å²) in [5, 5.41) is 1.24. The lowest BCUT2D eigenvalue weighted by molar-refractivity contribution is 0.0993. The minimum absolute atomic E-state index is 0.0337.